The second-order valence-corrected chi connectivity index (χ2v) is 3.08. The Morgan fingerprint density at radius 1 is 1.33 bits per heavy atom. The SMILES string of the molecule is CCCOc1ccc(NC(=O)NC)cc1. The summed E-state index contributed by atoms with van der Waals surface area (Å²) in [5.74, 6) is 0.819. The number of carbonyl (C=O) groups is 1. The van der Waals surface area contributed by atoms with Crippen LogP contribution in [0.5, 0.6) is 5.75 Å². The topological polar surface area (TPSA) is 50.4 Å². The third-order valence-corrected chi connectivity index (χ3v) is 1.81. The van der Waals surface area contributed by atoms with E-state index in [1.165, 1.54) is 0 Å². The van der Waals surface area contributed by atoms with Crippen molar-refractivity contribution in [3.05, 3.63) is 24.3 Å². The largest absolute Gasteiger partial charge is 0.494 e. The van der Waals surface area contributed by atoms with E-state index in [2.05, 4.69) is 17.6 Å². The molecule has 0 spiro atoms. The van der Waals surface area contributed by atoms with Gasteiger partial charge in [-0.1, -0.05) is 6.92 Å². The van der Waals surface area contributed by atoms with Gasteiger partial charge < -0.3 is 15.4 Å². The van der Waals surface area contributed by atoms with Crippen molar-refractivity contribution in [2.45, 2.75) is 13.3 Å². The van der Waals surface area contributed by atoms with E-state index in [0.717, 1.165) is 17.9 Å². The van der Waals surface area contributed by atoms with Crippen LogP contribution < -0.4 is 15.4 Å². The van der Waals surface area contributed by atoms with Gasteiger partial charge in [0.15, 0.2) is 0 Å². The minimum absolute atomic E-state index is 0.225. The molecule has 0 unspecified atom stereocenters. The number of carbonyl (C=O) groups excluding carboxylic acids is 1. The van der Waals surface area contributed by atoms with Gasteiger partial charge in [0.1, 0.15) is 5.75 Å². The summed E-state index contributed by atoms with van der Waals surface area (Å²) < 4.78 is 5.41. The second-order valence-electron chi connectivity index (χ2n) is 3.08. The van der Waals surface area contributed by atoms with Gasteiger partial charge in [0.2, 0.25) is 0 Å². The zero-order chi connectivity index (χ0) is 11.1. The number of rotatable bonds is 4. The number of ether oxygens (including phenoxy) is 1. The zero-order valence-corrected chi connectivity index (χ0v) is 9.04. The van der Waals surface area contributed by atoms with Crippen LogP contribution in [-0.2, 0) is 0 Å². The van der Waals surface area contributed by atoms with E-state index in [1.807, 2.05) is 12.1 Å². The summed E-state index contributed by atoms with van der Waals surface area (Å²) in [4.78, 5) is 11.0. The van der Waals surface area contributed by atoms with E-state index in [9.17, 15) is 4.79 Å². The predicted octanol–water partition coefficient (Wildman–Crippen LogP) is 2.23. The fourth-order valence-electron chi connectivity index (χ4n) is 1.05. The molecule has 1 aromatic rings. The highest BCUT2D eigenvalue weighted by molar-refractivity contribution is 5.88. The molecule has 0 saturated carbocycles. The Balaban J connectivity index is 2.52. The second kappa shape index (κ2) is 5.90. The van der Waals surface area contributed by atoms with Crippen molar-refractivity contribution in [1.29, 1.82) is 0 Å². The first kappa shape index (κ1) is 11.4. The Bertz CT molecular complexity index is 309. The van der Waals surface area contributed by atoms with Crippen molar-refractivity contribution in [3.63, 3.8) is 0 Å². The van der Waals surface area contributed by atoms with Gasteiger partial charge in [0.25, 0.3) is 0 Å². The molecule has 0 aromatic heterocycles. The number of hydrogen-bond donors (Lipinski definition) is 2. The molecule has 4 heteroatoms. The first-order valence-electron chi connectivity index (χ1n) is 4.98. The van der Waals surface area contributed by atoms with Gasteiger partial charge in [0.05, 0.1) is 6.61 Å². The molecule has 0 radical (unpaired) electrons. The van der Waals surface area contributed by atoms with Crippen LogP contribution in [-0.4, -0.2) is 19.7 Å². The highest BCUT2D eigenvalue weighted by Crippen LogP contribution is 2.15. The molecule has 82 valence electrons. The van der Waals surface area contributed by atoms with Gasteiger partial charge in [-0.05, 0) is 30.7 Å². The van der Waals surface area contributed by atoms with Crippen LogP contribution in [0.4, 0.5) is 10.5 Å². The molecule has 0 heterocycles. The van der Waals surface area contributed by atoms with Gasteiger partial charge in [0, 0.05) is 12.7 Å². The van der Waals surface area contributed by atoms with Gasteiger partial charge in [-0.3, -0.25) is 0 Å². The number of hydrogen-bond acceptors (Lipinski definition) is 2. The Hall–Kier alpha value is -1.71. The fraction of sp³-hybridized carbons (Fsp3) is 0.364. The van der Waals surface area contributed by atoms with E-state index in [1.54, 1.807) is 19.2 Å². The molecule has 1 aromatic carbocycles. The van der Waals surface area contributed by atoms with Crippen LogP contribution >= 0.6 is 0 Å². The third-order valence-electron chi connectivity index (χ3n) is 1.81. The minimum atomic E-state index is -0.225. The number of amides is 2. The molecule has 0 atom stereocenters. The molecule has 15 heavy (non-hydrogen) atoms. The van der Waals surface area contributed by atoms with Crippen LogP contribution in [0.3, 0.4) is 0 Å². The quantitative estimate of drug-likeness (QED) is 0.797. The Morgan fingerprint density at radius 3 is 2.53 bits per heavy atom. The molecule has 2 N–H and O–H groups in total. The third kappa shape index (κ3) is 3.89. The lowest BCUT2D eigenvalue weighted by atomic mass is 10.3. The molecule has 4 nitrogen and oxygen atoms in total. The van der Waals surface area contributed by atoms with Crippen molar-refractivity contribution in [2.24, 2.45) is 0 Å². The van der Waals surface area contributed by atoms with E-state index in [4.69, 9.17) is 4.74 Å². The van der Waals surface area contributed by atoms with Gasteiger partial charge in [-0.2, -0.15) is 0 Å². The molecular formula is C11H16N2O2. The van der Waals surface area contributed by atoms with Crippen molar-refractivity contribution in [3.8, 4) is 5.75 Å². The monoisotopic (exact) mass is 208 g/mol. The lowest BCUT2D eigenvalue weighted by molar-refractivity contribution is 0.254. The summed E-state index contributed by atoms with van der Waals surface area (Å²) in [7, 11) is 1.58. The van der Waals surface area contributed by atoms with Crippen LogP contribution in [0.25, 0.3) is 0 Å². The summed E-state index contributed by atoms with van der Waals surface area (Å²) in [6.45, 7) is 2.77. The van der Waals surface area contributed by atoms with Gasteiger partial charge in [-0.15, -0.1) is 0 Å². The van der Waals surface area contributed by atoms with Crippen LogP contribution in [0.15, 0.2) is 24.3 Å². The molecule has 0 aliphatic carbocycles. The minimum Gasteiger partial charge on any atom is -0.494 e. The molecular weight excluding hydrogens is 192 g/mol. The van der Waals surface area contributed by atoms with Crippen LogP contribution in [0.2, 0.25) is 0 Å². The molecule has 2 amide bonds. The molecule has 0 bridgehead atoms. The van der Waals surface area contributed by atoms with Crippen LogP contribution in [0.1, 0.15) is 13.3 Å². The maximum absolute atomic E-state index is 11.0. The average Bonchev–Trinajstić information content (AvgIpc) is 2.28. The summed E-state index contributed by atoms with van der Waals surface area (Å²) in [6.07, 6.45) is 0.984. The van der Waals surface area contributed by atoms with E-state index >= 15 is 0 Å². The van der Waals surface area contributed by atoms with Crippen LogP contribution in [0, 0.1) is 0 Å². The number of benzene rings is 1. The highest BCUT2D eigenvalue weighted by atomic mass is 16.5. The summed E-state index contributed by atoms with van der Waals surface area (Å²) in [5, 5.41) is 5.15. The summed E-state index contributed by atoms with van der Waals surface area (Å²) >= 11 is 0. The predicted molar refractivity (Wildman–Crippen MR) is 60.3 cm³/mol. The number of nitrogens with one attached hydrogen (secondary N) is 2. The Kier molecular flexibility index (Phi) is 4.47. The molecule has 0 saturated heterocycles. The number of urea groups is 1. The van der Waals surface area contributed by atoms with Crippen molar-refractivity contribution in [2.75, 3.05) is 19.0 Å². The number of anilines is 1. The molecule has 0 fully saturated rings. The maximum Gasteiger partial charge on any atom is 0.318 e. The smallest absolute Gasteiger partial charge is 0.318 e. The average molecular weight is 208 g/mol. The van der Waals surface area contributed by atoms with E-state index < -0.39 is 0 Å². The first-order chi connectivity index (χ1) is 7.26. The van der Waals surface area contributed by atoms with Crippen molar-refractivity contribution >= 4 is 11.7 Å². The van der Waals surface area contributed by atoms with Crippen molar-refractivity contribution in [1.82, 2.24) is 5.32 Å². The van der Waals surface area contributed by atoms with E-state index in [-0.39, 0.29) is 6.03 Å². The van der Waals surface area contributed by atoms with Gasteiger partial charge >= 0.3 is 6.03 Å². The summed E-state index contributed by atoms with van der Waals surface area (Å²) in [5.41, 5.74) is 0.748. The Morgan fingerprint density at radius 2 is 2.00 bits per heavy atom. The fourth-order valence-corrected chi connectivity index (χ4v) is 1.05. The van der Waals surface area contributed by atoms with E-state index in [0.29, 0.717) is 6.61 Å². The summed E-state index contributed by atoms with van der Waals surface area (Å²) in [6, 6.07) is 7.06. The van der Waals surface area contributed by atoms with Gasteiger partial charge in [-0.25, -0.2) is 4.79 Å². The normalized spacial score (nSPS) is 9.47. The first-order valence-corrected chi connectivity index (χ1v) is 4.98. The Labute approximate surface area is 89.6 Å². The zero-order valence-electron chi connectivity index (χ0n) is 9.04. The lowest BCUT2D eigenvalue weighted by Crippen LogP contribution is -2.24. The standard InChI is InChI=1S/C11H16N2O2/c1-3-8-15-10-6-4-9(5-7-10)13-11(14)12-2/h4-7H,3,8H2,1-2H3,(H2,12,13,14). The molecule has 0 aliphatic rings. The highest BCUT2D eigenvalue weighted by Gasteiger charge is 1.98. The maximum atomic E-state index is 11.0. The van der Waals surface area contributed by atoms with Crippen molar-refractivity contribution < 1.29 is 9.53 Å². The molecule has 1 rings (SSSR count). The molecule has 0 aliphatic heterocycles. The lowest BCUT2D eigenvalue weighted by Gasteiger charge is -2.06.